The molecule has 3 aromatic rings. The van der Waals surface area contributed by atoms with Crippen molar-refractivity contribution in [3.05, 3.63) is 101 Å². The highest BCUT2D eigenvalue weighted by molar-refractivity contribution is 5.90. The fourth-order valence-corrected chi connectivity index (χ4v) is 5.49. The molecule has 6 heteroatoms. The maximum absolute atomic E-state index is 13.7. The normalized spacial score (nSPS) is 14.9. The Balaban J connectivity index is 1.53. The average molecular weight is 542 g/mol. The Hall–Kier alpha value is -3.64. The molecule has 1 aliphatic rings. The van der Waals surface area contributed by atoms with E-state index in [1.807, 2.05) is 79.7 Å². The number of amides is 2. The lowest BCUT2D eigenvalue weighted by Crippen LogP contribution is -2.49. The standard InChI is InChI=1S/C34H43N3O3/c1-24(2)36(25(3)4)20-18-35-34(39)33-31-16-15-30(40-23-28-9-7-6-8-10-28)22-29(31)17-19-37(33)32(38)21-27-13-11-26(5)12-14-27/h6-16,22,24-25,33H,17-21,23H2,1-5H3,(H,35,39). The molecule has 0 saturated carbocycles. The van der Waals surface area contributed by atoms with Crippen LogP contribution in [0, 0.1) is 6.92 Å². The second kappa shape index (κ2) is 13.6. The summed E-state index contributed by atoms with van der Waals surface area (Å²) in [6, 6.07) is 24.1. The van der Waals surface area contributed by atoms with Crippen LogP contribution >= 0.6 is 0 Å². The molecule has 0 bridgehead atoms. The van der Waals surface area contributed by atoms with Crippen molar-refractivity contribution in [2.45, 2.75) is 72.2 Å². The van der Waals surface area contributed by atoms with Crippen molar-refractivity contribution in [3.63, 3.8) is 0 Å². The molecule has 0 saturated heterocycles. The number of benzene rings is 3. The Labute approximate surface area is 239 Å². The molecule has 0 aromatic heterocycles. The number of fused-ring (bicyclic) bond motifs is 1. The SMILES string of the molecule is Cc1ccc(CC(=O)N2CCc3cc(OCc4ccccc4)ccc3C2C(=O)NCCN(C(C)C)C(C)C)cc1. The molecule has 1 aliphatic heterocycles. The fourth-order valence-electron chi connectivity index (χ4n) is 5.49. The van der Waals surface area contributed by atoms with E-state index in [-0.39, 0.29) is 18.2 Å². The van der Waals surface area contributed by atoms with Gasteiger partial charge in [-0.2, -0.15) is 0 Å². The van der Waals surface area contributed by atoms with Gasteiger partial charge in [-0.15, -0.1) is 0 Å². The van der Waals surface area contributed by atoms with Crippen molar-refractivity contribution in [2.75, 3.05) is 19.6 Å². The van der Waals surface area contributed by atoms with E-state index in [2.05, 4.69) is 37.9 Å². The molecule has 40 heavy (non-hydrogen) atoms. The van der Waals surface area contributed by atoms with E-state index in [1.165, 1.54) is 0 Å². The first-order valence-corrected chi connectivity index (χ1v) is 14.4. The Bertz CT molecular complexity index is 1260. The number of rotatable bonds is 11. The molecule has 6 nitrogen and oxygen atoms in total. The van der Waals surface area contributed by atoms with Crippen molar-refractivity contribution in [1.82, 2.24) is 15.1 Å². The van der Waals surface area contributed by atoms with Crippen LogP contribution in [0.2, 0.25) is 0 Å². The topological polar surface area (TPSA) is 61.9 Å². The van der Waals surface area contributed by atoms with E-state index in [4.69, 9.17) is 4.74 Å². The highest BCUT2D eigenvalue weighted by atomic mass is 16.5. The number of ether oxygens (including phenoxy) is 1. The van der Waals surface area contributed by atoms with Gasteiger partial charge in [0.2, 0.25) is 11.8 Å². The van der Waals surface area contributed by atoms with Gasteiger partial charge in [0.15, 0.2) is 0 Å². The molecule has 0 radical (unpaired) electrons. The largest absolute Gasteiger partial charge is 0.489 e. The second-order valence-electron chi connectivity index (χ2n) is 11.3. The van der Waals surface area contributed by atoms with Gasteiger partial charge in [0, 0.05) is 31.7 Å². The predicted molar refractivity (Wildman–Crippen MR) is 160 cm³/mol. The van der Waals surface area contributed by atoms with Crippen molar-refractivity contribution < 1.29 is 14.3 Å². The second-order valence-corrected chi connectivity index (χ2v) is 11.3. The highest BCUT2D eigenvalue weighted by Gasteiger charge is 2.36. The van der Waals surface area contributed by atoms with E-state index in [1.54, 1.807) is 4.90 Å². The third kappa shape index (κ3) is 7.51. The number of carbonyl (C=O) groups is 2. The van der Waals surface area contributed by atoms with E-state index in [0.29, 0.717) is 38.2 Å². The summed E-state index contributed by atoms with van der Waals surface area (Å²) in [5.41, 5.74) is 5.13. The molecule has 0 spiro atoms. The van der Waals surface area contributed by atoms with Gasteiger partial charge in [0.05, 0.1) is 6.42 Å². The van der Waals surface area contributed by atoms with Crippen LogP contribution in [0.1, 0.15) is 61.6 Å². The van der Waals surface area contributed by atoms with Gasteiger partial charge in [-0.3, -0.25) is 14.5 Å². The minimum absolute atomic E-state index is 0.0370. The summed E-state index contributed by atoms with van der Waals surface area (Å²) in [6.45, 7) is 13.0. The van der Waals surface area contributed by atoms with Crippen molar-refractivity contribution in [1.29, 1.82) is 0 Å². The van der Waals surface area contributed by atoms with Crippen LogP contribution in [0.4, 0.5) is 0 Å². The van der Waals surface area contributed by atoms with E-state index in [0.717, 1.165) is 40.1 Å². The zero-order valence-electron chi connectivity index (χ0n) is 24.5. The van der Waals surface area contributed by atoms with Crippen molar-refractivity contribution in [2.24, 2.45) is 0 Å². The van der Waals surface area contributed by atoms with Gasteiger partial charge < -0.3 is 15.0 Å². The quantitative estimate of drug-likeness (QED) is 0.349. The Morgan fingerprint density at radius 2 is 1.65 bits per heavy atom. The van der Waals surface area contributed by atoms with Crippen LogP contribution in [0.5, 0.6) is 5.75 Å². The van der Waals surface area contributed by atoms with E-state index < -0.39 is 6.04 Å². The number of hydrogen-bond donors (Lipinski definition) is 1. The first kappa shape index (κ1) is 29.3. The minimum atomic E-state index is -0.670. The number of nitrogens with zero attached hydrogens (tertiary/aromatic N) is 2. The van der Waals surface area contributed by atoms with E-state index in [9.17, 15) is 9.59 Å². The predicted octanol–water partition coefficient (Wildman–Crippen LogP) is 5.48. The average Bonchev–Trinajstić information content (AvgIpc) is 2.94. The Morgan fingerprint density at radius 1 is 0.950 bits per heavy atom. The lowest BCUT2D eigenvalue weighted by Gasteiger charge is -2.37. The van der Waals surface area contributed by atoms with Gasteiger partial charge in [0.1, 0.15) is 18.4 Å². The number of aryl methyl sites for hydroxylation is 1. The number of hydrogen-bond acceptors (Lipinski definition) is 4. The fraction of sp³-hybridized carbons (Fsp3) is 0.412. The molecule has 1 heterocycles. The zero-order valence-corrected chi connectivity index (χ0v) is 24.5. The molecular formula is C34H43N3O3. The zero-order chi connectivity index (χ0) is 28.6. The Morgan fingerprint density at radius 3 is 2.33 bits per heavy atom. The van der Waals surface area contributed by atoms with E-state index >= 15 is 0 Å². The van der Waals surface area contributed by atoms with Crippen LogP contribution in [0.25, 0.3) is 0 Å². The molecule has 0 fully saturated rings. The summed E-state index contributed by atoms with van der Waals surface area (Å²) in [4.78, 5) is 31.4. The molecule has 1 N–H and O–H groups in total. The molecule has 4 rings (SSSR count). The highest BCUT2D eigenvalue weighted by Crippen LogP contribution is 2.33. The van der Waals surface area contributed by atoms with Gasteiger partial charge in [-0.1, -0.05) is 66.2 Å². The third-order valence-corrected chi connectivity index (χ3v) is 7.63. The lowest BCUT2D eigenvalue weighted by atomic mass is 9.91. The molecule has 2 amide bonds. The van der Waals surface area contributed by atoms with Crippen LogP contribution < -0.4 is 10.1 Å². The maximum atomic E-state index is 13.7. The molecule has 1 unspecified atom stereocenters. The number of carbonyl (C=O) groups excluding carboxylic acids is 2. The monoisotopic (exact) mass is 541 g/mol. The molecule has 1 atom stereocenters. The molecule has 0 aliphatic carbocycles. The van der Waals surface area contributed by atoms with Gasteiger partial charge >= 0.3 is 0 Å². The smallest absolute Gasteiger partial charge is 0.247 e. The summed E-state index contributed by atoms with van der Waals surface area (Å²) in [5, 5.41) is 3.15. The van der Waals surface area contributed by atoms with Gasteiger partial charge in [-0.05, 0) is 75.4 Å². The minimum Gasteiger partial charge on any atom is -0.489 e. The summed E-state index contributed by atoms with van der Waals surface area (Å²) < 4.78 is 6.07. The number of nitrogens with one attached hydrogen (secondary N) is 1. The Kier molecular flexibility index (Phi) is 9.99. The molecule has 212 valence electrons. The van der Waals surface area contributed by atoms with Crippen molar-refractivity contribution >= 4 is 11.8 Å². The summed E-state index contributed by atoms with van der Waals surface area (Å²) in [7, 11) is 0. The first-order valence-electron chi connectivity index (χ1n) is 14.4. The summed E-state index contributed by atoms with van der Waals surface area (Å²) in [6.07, 6.45) is 0.946. The summed E-state index contributed by atoms with van der Waals surface area (Å²) >= 11 is 0. The first-order chi connectivity index (χ1) is 19.2. The third-order valence-electron chi connectivity index (χ3n) is 7.63. The van der Waals surface area contributed by atoms with Crippen LogP contribution in [0.15, 0.2) is 72.8 Å². The van der Waals surface area contributed by atoms with Crippen LogP contribution in [-0.4, -0.2) is 53.3 Å². The molecule has 3 aromatic carbocycles. The van der Waals surface area contributed by atoms with Gasteiger partial charge in [-0.25, -0.2) is 0 Å². The van der Waals surface area contributed by atoms with Crippen LogP contribution in [-0.2, 0) is 29.0 Å². The van der Waals surface area contributed by atoms with Crippen molar-refractivity contribution in [3.8, 4) is 5.75 Å². The summed E-state index contributed by atoms with van der Waals surface area (Å²) in [5.74, 6) is 0.597. The molecular weight excluding hydrogens is 498 g/mol. The lowest BCUT2D eigenvalue weighted by molar-refractivity contribution is -0.141. The van der Waals surface area contributed by atoms with Crippen LogP contribution in [0.3, 0.4) is 0 Å². The van der Waals surface area contributed by atoms with Gasteiger partial charge in [0.25, 0.3) is 0 Å². The maximum Gasteiger partial charge on any atom is 0.247 e.